The molecular weight excluding hydrogens is 471 g/mol. The molecule has 8 nitrogen and oxygen atoms in total. The highest BCUT2D eigenvalue weighted by molar-refractivity contribution is 7.49. The van der Waals surface area contributed by atoms with Gasteiger partial charge < -0.3 is 14.4 Å². The molecule has 0 spiro atoms. The molecule has 9 heteroatoms. The van der Waals surface area contributed by atoms with Crippen molar-refractivity contribution in [3.05, 3.63) is 28.8 Å². The first kappa shape index (κ1) is 31.1. The van der Waals surface area contributed by atoms with Gasteiger partial charge in [-0.2, -0.15) is 0 Å². The van der Waals surface area contributed by atoms with E-state index in [0.717, 1.165) is 5.56 Å². The second-order valence-corrected chi connectivity index (χ2v) is 13.9. The van der Waals surface area contributed by atoms with E-state index in [9.17, 15) is 19.3 Å². The molecule has 1 rings (SSSR count). The molecule has 1 aromatic rings. The Morgan fingerprint density at radius 2 is 1.34 bits per heavy atom. The van der Waals surface area contributed by atoms with Crippen molar-refractivity contribution in [1.82, 2.24) is 0 Å². The molecule has 0 aliphatic heterocycles. The van der Waals surface area contributed by atoms with Gasteiger partial charge in [0.25, 0.3) is 0 Å². The molecule has 0 fully saturated rings. The molecular formula is C26H43O8P. The number of carboxylic acids is 1. The summed E-state index contributed by atoms with van der Waals surface area (Å²) in [6.45, 7) is 21.0. The molecule has 0 saturated heterocycles. The Morgan fingerprint density at radius 3 is 1.74 bits per heavy atom. The van der Waals surface area contributed by atoms with Gasteiger partial charge in [0, 0.05) is 11.0 Å². The summed E-state index contributed by atoms with van der Waals surface area (Å²) >= 11 is 0. The fourth-order valence-corrected chi connectivity index (χ4v) is 5.49. The van der Waals surface area contributed by atoms with Gasteiger partial charge in [-0.25, -0.2) is 4.57 Å². The molecule has 0 radical (unpaired) electrons. The molecule has 0 atom stereocenters. The van der Waals surface area contributed by atoms with Crippen LogP contribution in [0.3, 0.4) is 0 Å². The Labute approximate surface area is 210 Å². The first-order valence-corrected chi connectivity index (χ1v) is 13.2. The van der Waals surface area contributed by atoms with E-state index in [2.05, 4.69) is 0 Å². The average Bonchev–Trinajstić information content (AvgIpc) is 2.45. The molecule has 200 valence electrons. The number of benzene rings is 1. The third-order valence-corrected chi connectivity index (χ3v) is 6.30. The maximum atomic E-state index is 13.9. The molecule has 0 saturated carbocycles. The van der Waals surface area contributed by atoms with Crippen LogP contribution in [0.5, 0.6) is 5.75 Å². The van der Waals surface area contributed by atoms with Gasteiger partial charge in [0.2, 0.25) is 0 Å². The van der Waals surface area contributed by atoms with Crippen LogP contribution in [0.4, 0.5) is 0 Å². The number of ether oxygens (including phenoxy) is 1. The second kappa shape index (κ2) is 10.6. The van der Waals surface area contributed by atoms with Crippen LogP contribution in [0, 0.1) is 6.92 Å². The normalized spacial score (nSPS) is 13.5. The van der Waals surface area contributed by atoms with Crippen molar-refractivity contribution < 1.29 is 37.6 Å². The topological polar surface area (TPSA) is 108 Å². The van der Waals surface area contributed by atoms with Gasteiger partial charge in [-0.15, -0.1) is 0 Å². The molecule has 35 heavy (non-hydrogen) atoms. The lowest BCUT2D eigenvalue weighted by Gasteiger charge is -2.34. The van der Waals surface area contributed by atoms with E-state index in [4.69, 9.17) is 18.3 Å². The molecule has 0 aromatic heterocycles. The predicted molar refractivity (Wildman–Crippen MR) is 136 cm³/mol. The Kier molecular flexibility index (Phi) is 9.44. The smallest absolute Gasteiger partial charge is 0.481 e. The van der Waals surface area contributed by atoms with E-state index in [1.807, 2.05) is 0 Å². The van der Waals surface area contributed by atoms with E-state index in [0.29, 0.717) is 11.1 Å². The first-order valence-electron chi connectivity index (χ1n) is 11.7. The van der Waals surface area contributed by atoms with Gasteiger partial charge in [0.15, 0.2) is 0 Å². The fourth-order valence-electron chi connectivity index (χ4n) is 3.65. The number of phosphoric acid groups is 1. The number of carboxylic acid groups (broad SMARTS) is 1. The number of hydrogen-bond acceptors (Lipinski definition) is 7. The Balaban J connectivity index is 3.76. The summed E-state index contributed by atoms with van der Waals surface area (Å²) in [7, 11) is -4.19. The van der Waals surface area contributed by atoms with Crippen LogP contribution in [-0.2, 0) is 39.8 Å². The lowest BCUT2D eigenvalue weighted by molar-refractivity contribution is -0.153. The average molecular weight is 515 g/mol. The first-order chi connectivity index (χ1) is 15.4. The zero-order valence-corrected chi connectivity index (χ0v) is 24.2. The quantitative estimate of drug-likeness (QED) is 0.285. The van der Waals surface area contributed by atoms with Crippen molar-refractivity contribution in [2.75, 3.05) is 0 Å². The summed E-state index contributed by atoms with van der Waals surface area (Å²) in [5, 5.41) is 9.58. The van der Waals surface area contributed by atoms with Gasteiger partial charge >= 0.3 is 19.8 Å². The summed E-state index contributed by atoms with van der Waals surface area (Å²) in [5.41, 5.74) is -1.70. The molecule has 1 N–H and O–H groups in total. The third kappa shape index (κ3) is 11.1. The zero-order chi connectivity index (χ0) is 27.6. The third-order valence-electron chi connectivity index (χ3n) is 4.33. The summed E-state index contributed by atoms with van der Waals surface area (Å²) in [4.78, 5) is 24.4. The minimum atomic E-state index is -4.19. The summed E-state index contributed by atoms with van der Waals surface area (Å²) < 4.78 is 37.0. The monoisotopic (exact) mass is 514 g/mol. The summed E-state index contributed by atoms with van der Waals surface area (Å²) in [6, 6.07) is 3.44. The van der Waals surface area contributed by atoms with Crippen molar-refractivity contribution >= 4 is 19.8 Å². The number of rotatable bonds is 9. The Morgan fingerprint density at radius 1 is 0.857 bits per heavy atom. The largest absolute Gasteiger partial charge is 0.531 e. The van der Waals surface area contributed by atoms with E-state index < -0.39 is 42.0 Å². The van der Waals surface area contributed by atoms with Crippen LogP contribution in [-0.4, -0.2) is 33.8 Å². The van der Waals surface area contributed by atoms with Crippen LogP contribution < -0.4 is 4.52 Å². The van der Waals surface area contributed by atoms with Crippen LogP contribution in [0.1, 0.15) is 99.3 Å². The number of aryl methyl sites for hydroxylation is 1. The highest BCUT2D eigenvalue weighted by Gasteiger charge is 2.41. The maximum Gasteiger partial charge on any atom is 0.531 e. The Hall–Kier alpha value is -1.89. The minimum absolute atomic E-state index is 0.113. The number of hydrogen-bond donors (Lipinski definition) is 1. The molecule has 0 bridgehead atoms. The molecule has 0 aliphatic carbocycles. The number of carbonyl (C=O) groups is 2. The van der Waals surface area contributed by atoms with Gasteiger partial charge in [0.05, 0.1) is 24.0 Å². The number of phosphoric ester groups is 1. The van der Waals surface area contributed by atoms with Crippen molar-refractivity contribution in [2.45, 2.75) is 118 Å². The highest BCUT2D eigenvalue weighted by Crippen LogP contribution is 2.57. The standard InChI is InChI=1S/C26H43O8P/c1-17-13-18(15-21(29)31-23(2,3)4)22(26(11,12)16-20(27)28)19(14-17)32-35(30,33-24(5,6)7)34-25(8,9)10/h13-14H,15-16H2,1-12H3,(H,27,28). The zero-order valence-electron chi connectivity index (χ0n) is 23.3. The van der Waals surface area contributed by atoms with Crippen LogP contribution in [0.15, 0.2) is 12.1 Å². The van der Waals surface area contributed by atoms with E-state index in [-0.39, 0.29) is 18.6 Å². The molecule has 0 unspecified atom stereocenters. The van der Waals surface area contributed by atoms with Crippen LogP contribution in [0.25, 0.3) is 0 Å². The molecule has 0 aliphatic rings. The van der Waals surface area contributed by atoms with E-state index >= 15 is 0 Å². The van der Waals surface area contributed by atoms with Crippen molar-refractivity contribution in [3.63, 3.8) is 0 Å². The van der Waals surface area contributed by atoms with E-state index in [1.54, 1.807) is 95.2 Å². The van der Waals surface area contributed by atoms with Crippen LogP contribution >= 0.6 is 7.82 Å². The highest BCUT2D eigenvalue weighted by atomic mass is 31.2. The molecule has 0 heterocycles. The maximum absolute atomic E-state index is 13.9. The second-order valence-electron chi connectivity index (χ2n) is 12.5. The van der Waals surface area contributed by atoms with E-state index in [1.165, 1.54) is 0 Å². The van der Waals surface area contributed by atoms with Gasteiger partial charge in [0.1, 0.15) is 11.4 Å². The van der Waals surface area contributed by atoms with Crippen molar-refractivity contribution in [2.24, 2.45) is 0 Å². The SMILES string of the molecule is Cc1cc(CC(=O)OC(C)(C)C)c(C(C)(C)CC(=O)O)c(OP(=O)(OC(C)(C)C)OC(C)(C)C)c1. The molecule has 1 aromatic carbocycles. The lowest BCUT2D eigenvalue weighted by atomic mass is 9.77. The predicted octanol–water partition coefficient (Wildman–Crippen LogP) is 6.75. The van der Waals surface area contributed by atoms with Crippen LogP contribution in [0.2, 0.25) is 0 Å². The van der Waals surface area contributed by atoms with Gasteiger partial charge in [-0.3, -0.25) is 18.6 Å². The van der Waals surface area contributed by atoms with Gasteiger partial charge in [-0.1, -0.05) is 19.9 Å². The summed E-state index contributed by atoms with van der Waals surface area (Å²) in [5.74, 6) is -1.35. The van der Waals surface area contributed by atoms with Gasteiger partial charge in [-0.05, 0) is 86.4 Å². The number of aliphatic carboxylic acids is 1. The minimum Gasteiger partial charge on any atom is -0.481 e. The van der Waals surface area contributed by atoms with Crippen molar-refractivity contribution in [1.29, 1.82) is 0 Å². The fraction of sp³-hybridized carbons (Fsp3) is 0.692. The summed E-state index contributed by atoms with van der Waals surface area (Å²) in [6.07, 6.45) is -0.365. The lowest BCUT2D eigenvalue weighted by Crippen LogP contribution is -2.29. The van der Waals surface area contributed by atoms with Crippen molar-refractivity contribution in [3.8, 4) is 5.75 Å². The number of carbonyl (C=O) groups excluding carboxylic acids is 1. The molecule has 0 amide bonds. The Bertz CT molecular complexity index is 955. The number of esters is 1.